The molecule has 0 unspecified atom stereocenters. The van der Waals surface area contributed by atoms with Gasteiger partial charge in [0.25, 0.3) is 0 Å². The Labute approximate surface area is 101 Å². The Hall–Kier alpha value is -1.13. The highest BCUT2D eigenvalue weighted by Crippen LogP contribution is 2.23. The van der Waals surface area contributed by atoms with E-state index in [2.05, 4.69) is 0 Å². The van der Waals surface area contributed by atoms with E-state index in [4.69, 9.17) is 15.2 Å². The summed E-state index contributed by atoms with van der Waals surface area (Å²) in [6.07, 6.45) is 1.84. The Morgan fingerprint density at radius 1 is 1.41 bits per heavy atom. The van der Waals surface area contributed by atoms with Crippen LogP contribution < -0.4 is 10.5 Å². The fourth-order valence-electron chi connectivity index (χ4n) is 1.94. The van der Waals surface area contributed by atoms with Crippen molar-refractivity contribution in [3.8, 4) is 5.75 Å². The van der Waals surface area contributed by atoms with Crippen molar-refractivity contribution < 1.29 is 13.9 Å². The third kappa shape index (κ3) is 3.17. The summed E-state index contributed by atoms with van der Waals surface area (Å²) in [7, 11) is 0. The highest BCUT2D eigenvalue weighted by Gasteiger charge is 2.16. The number of halogens is 1. The Morgan fingerprint density at radius 3 is 2.71 bits per heavy atom. The molecule has 1 fully saturated rings. The summed E-state index contributed by atoms with van der Waals surface area (Å²) in [5, 5.41) is 0. The van der Waals surface area contributed by atoms with Crippen molar-refractivity contribution in [1.29, 1.82) is 0 Å². The molecule has 94 valence electrons. The van der Waals surface area contributed by atoms with Gasteiger partial charge in [-0.15, -0.1) is 0 Å². The molecule has 4 heteroatoms. The molecule has 0 spiro atoms. The van der Waals surface area contributed by atoms with Crippen LogP contribution in [0.5, 0.6) is 5.75 Å². The minimum atomic E-state index is -0.301. The minimum absolute atomic E-state index is 0.129. The molecule has 17 heavy (non-hydrogen) atoms. The monoisotopic (exact) mass is 239 g/mol. The Bertz CT molecular complexity index is 376. The number of benzene rings is 1. The van der Waals surface area contributed by atoms with Gasteiger partial charge in [0.05, 0.1) is 13.2 Å². The third-order valence-electron chi connectivity index (χ3n) is 2.93. The lowest BCUT2D eigenvalue weighted by molar-refractivity contribution is 0.0254. The summed E-state index contributed by atoms with van der Waals surface area (Å²) >= 11 is 0. The maximum atomic E-state index is 13.7. The maximum Gasteiger partial charge on any atom is 0.131 e. The average molecular weight is 239 g/mol. The van der Waals surface area contributed by atoms with Crippen molar-refractivity contribution in [2.45, 2.75) is 31.9 Å². The second-order valence-corrected chi connectivity index (χ2v) is 4.40. The molecule has 0 saturated carbocycles. The highest BCUT2D eigenvalue weighted by molar-refractivity contribution is 5.30. The summed E-state index contributed by atoms with van der Waals surface area (Å²) in [4.78, 5) is 0. The van der Waals surface area contributed by atoms with Gasteiger partial charge in [-0.05, 0) is 13.0 Å². The normalized spacial score (nSPS) is 19.0. The van der Waals surface area contributed by atoms with Gasteiger partial charge in [0, 0.05) is 30.5 Å². The van der Waals surface area contributed by atoms with E-state index in [1.165, 1.54) is 6.07 Å². The van der Waals surface area contributed by atoms with Crippen molar-refractivity contribution in [2.75, 3.05) is 13.2 Å². The van der Waals surface area contributed by atoms with Crippen LogP contribution in [0.4, 0.5) is 4.39 Å². The molecule has 0 aromatic heterocycles. The first-order chi connectivity index (χ1) is 8.16. The van der Waals surface area contributed by atoms with Crippen molar-refractivity contribution in [3.63, 3.8) is 0 Å². The van der Waals surface area contributed by atoms with Crippen molar-refractivity contribution in [3.05, 3.63) is 29.6 Å². The van der Waals surface area contributed by atoms with E-state index in [-0.39, 0.29) is 18.0 Å². The van der Waals surface area contributed by atoms with Crippen LogP contribution in [0.2, 0.25) is 0 Å². The van der Waals surface area contributed by atoms with Gasteiger partial charge in [-0.2, -0.15) is 0 Å². The topological polar surface area (TPSA) is 44.5 Å². The lowest BCUT2D eigenvalue weighted by Gasteiger charge is -2.23. The van der Waals surface area contributed by atoms with E-state index in [1.807, 2.05) is 0 Å². The molecular weight excluding hydrogens is 221 g/mol. The van der Waals surface area contributed by atoms with Gasteiger partial charge in [-0.25, -0.2) is 4.39 Å². The molecule has 0 aliphatic carbocycles. The molecule has 1 aliphatic rings. The molecule has 2 N–H and O–H groups in total. The second kappa shape index (κ2) is 5.47. The quantitative estimate of drug-likeness (QED) is 0.881. The molecule has 1 saturated heterocycles. The summed E-state index contributed by atoms with van der Waals surface area (Å²) in [6, 6.07) is 4.58. The average Bonchev–Trinajstić information content (AvgIpc) is 2.30. The predicted octanol–water partition coefficient (Wildman–Crippen LogP) is 2.40. The first kappa shape index (κ1) is 12.3. The van der Waals surface area contributed by atoms with Crippen molar-refractivity contribution in [1.82, 2.24) is 0 Å². The molecule has 2 rings (SSSR count). The third-order valence-corrected chi connectivity index (χ3v) is 2.93. The smallest absolute Gasteiger partial charge is 0.131 e. The van der Waals surface area contributed by atoms with Gasteiger partial charge in [-0.1, -0.05) is 6.07 Å². The van der Waals surface area contributed by atoms with Crippen LogP contribution in [-0.4, -0.2) is 19.3 Å². The molecule has 3 nitrogen and oxygen atoms in total. The number of rotatable bonds is 3. The minimum Gasteiger partial charge on any atom is -0.490 e. The zero-order valence-corrected chi connectivity index (χ0v) is 9.99. The zero-order valence-electron chi connectivity index (χ0n) is 9.99. The molecule has 1 aromatic rings. The number of nitrogens with two attached hydrogens (primary N) is 1. The molecule has 0 amide bonds. The SMILES string of the molecule is C[C@H](N)c1ccc(OC2CCOCC2)cc1F. The van der Waals surface area contributed by atoms with E-state index in [0.717, 1.165) is 12.8 Å². The lowest BCUT2D eigenvalue weighted by atomic mass is 10.1. The van der Waals surface area contributed by atoms with Crippen molar-refractivity contribution >= 4 is 0 Å². The second-order valence-electron chi connectivity index (χ2n) is 4.40. The first-order valence-corrected chi connectivity index (χ1v) is 5.96. The molecule has 1 atom stereocenters. The van der Waals surface area contributed by atoms with Gasteiger partial charge < -0.3 is 15.2 Å². The molecule has 1 aliphatic heterocycles. The highest BCUT2D eigenvalue weighted by atomic mass is 19.1. The molecular formula is C13H18FNO2. The van der Waals surface area contributed by atoms with Gasteiger partial charge >= 0.3 is 0 Å². The largest absolute Gasteiger partial charge is 0.490 e. The van der Waals surface area contributed by atoms with Gasteiger partial charge in [0.2, 0.25) is 0 Å². The van der Waals surface area contributed by atoms with E-state index in [9.17, 15) is 4.39 Å². The van der Waals surface area contributed by atoms with Crippen LogP contribution in [0.25, 0.3) is 0 Å². The van der Waals surface area contributed by atoms with E-state index in [1.54, 1.807) is 19.1 Å². The van der Waals surface area contributed by atoms with Crippen LogP contribution in [-0.2, 0) is 4.74 Å². The number of ether oxygens (including phenoxy) is 2. The fraction of sp³-hybridized carbons (Fsp3) is 0.538. The van der Waals surface area contributed by atoms with Crippen LogP contribution >= 0.6 is 0 Å². The van der Waals surface area contributed by atoms with E-state index in [0.29, 0.717) is 24.5 Å². The van der Waals surface area contributed by atoms with Crippen LogP contribution in [0.1, 0.15) is 31.4 Å². The summed E-state index contributed by atoms with van der Waals surface area (Å²) < 4.78 is 24.6. The number of hydrogen-bond donors (Lipinski definition) is 1. The molecule has 0 radical (unpaired) electrons. The summed E-state index contributed by atoms with van der Waals surface area (Å²) in [5.41, 5.74) is 6.17. The molecule has 0 bridgehead atoms. The standard InChI is InChI=1S/C13H18FNO2/c1-9(15)12-3-2-11(8-13(12)14)17-10-4-6-16-7-5-10/h2-3,8-10H,4-7,15H2,1H3/t9-/m0/s1. The molecule has 1 heterocycles. The molecule has 1 aromatic carbocycles. The van der Waals surface area contributed by atoms with Crippen LogP contribution in [0, 0.1) is 5.82 Å². The van der Waals surface area contributed by atoms with E-state index < -0.39 is 0 Å². The van der Waals surface area contributed by atoms with Gasteiger partial charge in [0.1, 0.15) is 17.7 Å². The Morgan fingerprint density at radius 2 is 2.12 bits per heavy atom. The first-order valence-electron chi connectivity index (χ1n) is 5.96. The van der Waals surface area contributed by atoms with E-state index >= 15 is 0 Å². The van der Waals surface area contributed by atoms with Crippen molar-refractivity contribution in [2.24, 2.45) is 5.73 Å². The fourth-order valence-corrected chi connectivity index (χ4v) is 1.94. The maximum absolute atomic E-state index is 13.7. The Balaban J connectivity index is 2.04. The van der Waals surface area contributed by atoms with Gasteiger partial charge in [0.15, 0.2) is 0 Å². The van der Waals surface area contributed by atoms with Crippen LogP contribution in [0.15, 0.2) is 18.2 Å². The lowest BCUT2D eigenvalue weighted by Crippen LogP contribution is -2.25. The summed E-state index contributed by atoms with van der Waals surface area (Å²) in [5.74, 6) is 0.267. The summed E-state index contributed by atoms with van der Waals surface area (Å²) in [6.45, 7) is 3.19. The number of hydrogen-bond acceptors (Lipinski definition) is 3. The van der Waals surface area contributed by atoms with Crippen LogP contribution in [0.3, 0.4) is 0 Å². The Kier molecular flexibility index (Phi) is 3.97. The predicted molar refractivity (Wildman–Crippen MR) is 63.5 cm³/mol. The van der Waals surface area contributed by atoms with Gasteiger partial charge in [-0.3, -0.25) is 0 Å². The zero-order chi connectivity index (χ0) is 12.3.